The van der Waals surface area contributed by atoms with Crippen molar-refractivity contribution in [3.05, 3.63) is 68.6 Å². The molecule has 114 valence electrons. The van der Waals surface area contributed by atoms with Crippen molar-refractivity contribution >= 4 is 43.7 Å². The van der Waals surface area contributed by atoms with Crippen molar-refractivity contribution in [2.45, 2.75) is 13.3 Å². The van der Waals surface area contributed by atoms with E-state index in [0.717, 1.165) is 0 Å². The van der Waals surface area contributed by atoms with Gasteiger partial charge in [0.05, 0.1) is 11.1 Å². The summed E-state index contributed by atoms with van der Waals surface area (Å²) < 4.78 is 1.36. The van der Waals surface area contributed by atoms with Crippen LogP contribution in [-0.4, -0.2) is 23.3 Å². The Balaban J connectivity index is 2.38. The van der Waals surface area contributed by atoms with Crippen molar-refractivity contribution in [3.8, 4) is 0 Å². The van der Waals surface area contributed by atoms with Gasteiger partial charge in [-0.3, -0.25) is 14.5 Å². The summed E-state index contributed by atoms with van der Waals surface area (Å²) in [4.78, 5) is 26.8. The van der Waals surface area contributed by atoms with E-state index in [1.807, 2.05) is 19.1 Å². The van der Waals surface area contributed by atoms with Crippen molar-refractivity contribution in [3.63, 3.8) is 0 Å². The molecular weight excluding hydrogens is 410 g/mol. The SMILES string of the molecule is CCCN(C(=O)c1ccccc1Br)C(=O)c1ccccc1Br. The zero-order valence-electron chi connectivity index (χ0n) is 12.1. The van der Waals surface area contributed by atoms with Crippen LogP contribution in [0.25, 0.3) is 0 Å². The minimum atomic E-state index is -0.296. The van der Waals surface area contributed by atoms with E-state index < -0.39 is 0 Å². The molecule has 0 saturated carbocycles. The Labute approximate surface area is 146 Å². The van der Waals surface area contributed by atoms with Crippen molar-refractivity contribution in [1.29, 1.82) is 0 Å². The number of rotatable bonds is 4. The van der Waals surface area contributed by atoms with Gasteiger partial charge >= 0.3 is 0 Å². The van der Waals surface area contributed by atoms with Gasteiger partial charge in [0.15, 0.2) is 0 Å². The minimum Gasteiger partial charge on any atom is -0.274 e. The first-order valence-corrected chi connectivity index (χ1v) is 8.50. The van der Waals surface area contributed by atoms with Crippen LogP contribution in [0.4, 0.5) is 0 Å². The fourth-order valence-electron chi connectivity index (χ4n) is 2.08. The molecule has 0 spiro atoms. The predicted molar refractivity (Wildman–Crippen MR) is 93.9 cm³/mol. The van der Waals surface area contributed by atoms with E-state index in [2.05, 4.69) is 31.9 Å². The number of benzene rings is 2. The van der Waals surface area contributed by atoms with E-state index in [9.17, 15) is 9.59 Å². The quantitative estimate of drug-likeness (QED) is 0.654. The smallest absolute Gasteiger partial charge is 0.261 e. The lowest BCUT2D eigenvalue weighted by atomic mass is 10.1. The summed E-state index contributed by atoms with van der Waals surface area (Å²) in [5.41, 5.74) is 0.965. The summed E-state index contributed by atoms with van der Waals surface area (Å²) in [7, 11) is 0. The number of amides is 2. The normalized spacial score (nSPS) is 10.3. The first kappa shape index (κ1) is 16.9. The lowest BCUT2D eigenvalue weighted by Gasteiger charge is -2.21. The highest BCUT2D eigenvalue weighted by atomic mass is 79.9. The fraction of sp³-hybridized carbons (Fsp3) is 0.176. The predicted octanol–water partition coefficient (Wildman–Crippen LogP) is 4.90. The Kier molecular flexibility index (Phi) is 5.91. The first-order chi connectivity index (χ1) is 10.6. The van der Waals surface area contributed by atoms with Crippen LogP contribution in [-0.2, 0) is 0 Å². The van der Waals surface area contributed by atoms with Gasteiger partial charge in [-0.15, -0.1) is 0 Å². The summed E-state index contributed by atoms with van der Waals surface area (Å²) in [5.74, 6) is -0.592. The van der Waals surface area contributed by atoms with Crippen molar-refractivity contribution in [1.82, 2.24) is 4.90 Å². The third-order valence-electron chi connectivity index (χ3n) is 3.15. The maximum absolute atomic E-state index is 12.7. The molecule has 0 N–H and O–H groups in total. The molecule has 0 aliphatic rings. The lowest BCUT2D eigenvalue weighted by molar-refractivity contribution is 0.0615. The Morgan fingerprint density at radius 1 is 0.864 bits per heavy atom. The van der Waals surface area contributed by atoms with E-state index in [4.69, 9.17) is 0 Å². The van der Waals surface area contributed by atoms with E-state index >= 15 is 0 Å². The van der Waals surface area contributed by atoms with Crippen LogP contribution in [0.3, 0.4) is 0 Å². The molecule has 3 nitrogen and oxygen atoms in total. The number of nitrogens with zero attached hydrogens (tertiary/aromatic N) is 1. The highest BCUT2D eigenvalue weighted by molar-refractivity contribution is 9.10. The van der Waals surface area contributed by atoms with E-state index in [0.29, 0.717) is 33.0 Å². The van der Waals surface area contributed by atoms with E-state index in [1.165, 1.54) is 4.90 Å². The van der Waals surface area contributed by atoms with Crippen LogP contribution in [0, 0.1) is 0 Å². The first-order valence-electron chi connectivity index (χ1n) is 6.91. The Morgan fingerprint density at radius 3 is 1.64 bits per heavy atom. The highest BCUT2D eigenvalue weighted by Gasteiger charge is 2.25. The van der Waals surface area contributed by atoms with Crippen LogP contribution in [0.1, 0.15) is 34.1 Å². The maximum Gasteiger partial charge on any atom is 0.261 e. The largest absolute Gasteiger partial charge is 0.274 e. The molecule has 0 saturated heterocycles. The fourth-order valence-corrected chi connectivity index (χ4v) is 2.99. The Morgan fingerprint density at radius 2 is 1.27 bits per heavy atom. The summed E-state index contributed by atoms with van der Waals surface area (Å²) in [6.45, 7) is 2.31. The van der Waals surface area contributed by atoms with Gasteiger partial charge in [-0.1, -0.05) is 31.2 Å². The molecule has 22 heavy (non-hydrogen) atoms. The van der Waals surface area contributed by atoms with Gasteiger partial charge in [-0.2, -0.15) is 0 Å². The van der Waals surface area contributed by atoms with Gasteiger partial charge in [-0.05, 0) is 62.5 Å². The standard InChI is InChI=1S/C17H15Br2NO2/c1-2-11-20(16(21)12-7-3-5-9-14(12)18)17(22)13-8-4-6-10-15(13)19/h3-10H,2,11H2,1H3. The summed E-state index contributed by atoms with van der Waals surface area (Å²) in [5, 5.41) is 0. The molecule has 0 fully saturated rings. The summed E-state index contributed by atoms with van der Waals surface area (Å²) in [6, 6.07) is 14.2. The third-order valence-corrected chi connectivity index (χ3v) is 4.53. The van der Waals surface area contributed by atoms with Crippen LogP contribution >= 0.6 is 31.9 Å². The lowest BCUT2D eigenvalue weighted by Crippen LogP contribution is -2.37. The molecule has 0 unspecified atom stereocenters. The van der Waals surface area contributed by atoms with Gasteiger partial charge in [0.2, 0.25) is 0 Å². The maximum atomic E-state index is 12.7. The molecule has 0 aliphatic heterocycles. The van der Waals surface area contributed by atoms with Gasteiger partial charge in [0, 0.05) is 15.5 Å². The van der Waals surface area contributed by atoms with E-state index in [-0.39, 0.29) is 11.8 Å². The van der Waals surface area contributed by atoms with Gasteiger partial charge in [-0.25, -0.2) is 0 Å². The second-order valence-electron chi connectivity index (χ2n) is 4.72. The van der Waals surface area contributed by atoms with Gasteiger partial charge < -0.3 is 0 Å². The number of hydrogen-bond donors (Lipinski definition) is 0. The average molecular weight is 425 g/mol. The molecule has 0 aliphatic carbocycles. The zero-order chi connectivity index (χ0) is 16.1. The minimum absolute atomic E-state index is 0.296. The van der Waals surface area contributed by atoms with Gasteiger partial charge in [0.25, 0.3) is 11.8 Å². The molecule has 2 aromatic carbocycles. The number of imide groups is 1. The molecule has 2 rings (SSSR count). The number of carbonyl (C=O) groups is 2. The van der Waals surface area contributed by atoms with Crippen molar-refractivity contribution in [2.75, 3.05) is 6.54 Å². The molecule has 0 aromatic heterocycles. The summed E-state index contributed by atoms with van der Waals surface area (Å²) in [6.07, 6.45) is 0.701. The molecule has 2 aromatic rings. The second kappa shape index (κ2) is 7.70. The molecule has 0 radical (unpaired) electrons. The van der Waals surface area contributed by atoms with Gasteiger partial charge in [0.1, 0.15) is 0 Å². The van der Waals surface area contributed by atoms with Crippen LogP contribution < -0.4 is 0 Å². The van der Waals surface area contributed by atoms with E-state index in [1.54, 1.807) is 36.4 Å². The molecule has 0 atom stereocenters. The molecule has 5 heteroatoms. The topological polar surface area (TPSA) is 37.4 Å². The average Bonchev–Trinajstić information content (AvgIpc) is 2.52. The van der Waals surface area contributed by atoms with Crippen LogP contribution in [0.2, 0.25) is 0 Å². The Hall–Kier alpha value is -1.46. The third kappa shape index (κ3) is 3.65. The molecule has 0 bridgehead atoms. The summed E-state index contributed by atoms with van der Waals surface area (Å²) >= 11 is 6.74. The molecule has 0 heterocycles. The van der Waals surface area contributed by atoms with Crippen molar-refractivity contribution < 1.29 is 9.59 Å². The number of carbonyl (C=O) groups excluding carboxylic acids is 2. The van der Waals surface area contributed by atoms with Crippen molar-refractivity contribution in [2.24, 2.45) is 0 Å². The second-order valence-corrected chi connectivity index (χ2v) is 6.43. The van der Waals surface area contributed by atoms with Crippen LogP contribution in [0.15, 0.2) is 57.5 Å². The van der Waals surface area contributed by atoms with Crippen LogP contribution in [0.5, 0.6) is 0 Å². The molecule has 2 amide bonds. The zero-order valence-corrected chi connectivity index (χ0v) is 15.2. The number of hydrogen-bond acceptors (Lipinski definition) is 2. The Bertz CT molecular complexity index is 643. The number of halogens is 2. The monoisotopic (exact) mass is 423 g/mol. The molecular formula is C17H15Br2NO2. The highest BCUT2D eigenvalue weighted by Crippen LogP contribution is 2.22.